The second-order valence-corrected chi connectivity index (χ2v) is 7.70. The second-order valence-electron chi connectivity index (χ2n) is 7.70. The van der Waals surface area contributed by atoms with Gasteiger partial charge in [-0.05, 0) is 43.4 Å². The summed E-state index contributed by atoms with van der Waals surface area (Å²) in [6.45, 7) is 5.57. The Morgan fingerprint density at radius 2 is 1.71 bits per heavy atom. The second kappa shape index (κ2) is 5.79. The molecule has 0 aliphatic heterocycles. The molecule has 0 aromatic heterocycles. The third-order valence-electron chi connectivity index (χ3n) is 5.01. The molecule has 21 heavy (non-hydrogen) atoms. The van der Waals surface area contributed by atoms with E-state index in [1.54, 1.807) is 4.90 Å². The lowest BCUT2D eigenvalue weighted by Gasteiger charge is -2.44. The maximum Gasteiger partial charge on any atom is 0.401 e. The Morgan fingerprint density at radius 1 is 1.10 bits per heavy atom. The topological polar surface area (TPSA) is 27.0 Å². The molecule has 2 fully saturated rings. The van der Waals surface area contributed by atoms with Crippen LogP contribution in [0.15, 0.2) is 0 Å². The molecule has 0 N–H and O–H groups in total. The summed E-state index contributed by atoms with van der Waals surface area (Å²) in [4.78, 5) is 1.59. The number of alkyl halides is 3. The number of hydrogen-bond acceptors (Lipinski definition) is 2. The van der Waals surface area contributed by atoms with Crippen LogP contribution in [0.2, 0.25) is 0 Å². The quantitative estimate of drug-likeness (QED) is 0.774. The van der Waals surface area contributed by atoms with Crippen molar-refractivity contribution in [3.05, 3.63) is 0 Å². The van der Waals surface area contributed by atoms with Crippen molar-refractivity contribution in [3.8, 4) is 6.07 Å². The minimum atomic E-state index is -4.18. The molecule has 3 atom stereocenters. The molecule has 5 heteroatoms. The van der Waals surface area contributed by atoms with Gasteiger partial charge in [0.25, 0.3) is 0 Å². The number of nitriles is 1. The number of nitrogens with zero attached hydrogens (tertiary/aromatic N) is 2. The fraction of sp³-hybridized carbons (Fsp3) is 0.938. The van der Waals surface area contributed by atoms with Gasteiger partial charge in [0.2, 0.25) is 0 Å². The molecule has 0 bridgehead atoms. The van der Waals surface area contributed by atoms with Crippen molar-refractivity contribution in [1.29, 1.82) is 5.26 Å². The lowest BCUT2D eigenvalue weighted by molar-refractivity contribution is -0.157. The van der Waals surface area contributed by atoms with Gasteiger partial charge in [0.1, 0.15) is 0 Å². The van der Waals surface area contributed by atoms with Gasteiger partial charge in [-0.25, -0.2) is 0 Å². The molecule has 2 rings (SSSR count). The van der Waals surface area contributed by atoms with E-state index in [2.05, 4.69) is 26.8 Å². The van der Waals surface area contributed by atoms with Crippen molar-refractivity contribution in [1.82, 2.24) is 4.90 Å². The first kappa shape index (κ1) is 16.6. The zero-order valence-electron chi connectivity index (χ0n) is 13.1. The summed E-state index contributed by atoms with van der Waals surface area (Å²) in [5.41, 5.74) is 0.0894. The molecule has 0 aromatic rings. The Morgan fingerprint density at radius 3 is 2.14 bits per heavy atom. The van der Waals surface area contributed by atoms with Crippen molar-refractivity contribution >= 4 is 0 Å². The predicted molar refractivity (Wildman–Crippen MR) is 75.5 cm³/mol. The Balaban J connectivity index is 2.16. The lowest BCUT2D eigenvalue weighted by atomic mass is 9.67. The van der Waals surface area contributed by atoms with Crippen molar-refractivity contribution in [2.45, 2.75) is 71.1 Å². The van der Waals surface area contributed by atoms with Crippen LogP contribution in [0.3, 0.4) is 0 Å². The van der Waals surface area contributed by atoms with Crippen LogP contribution in [0.4, 0.5) is 13.2 Å². The van der Waals surface area contributed by atoms with E-state index in [9.17, 15) is 18.4 Å². The lowest BCUT2D eigenvalue weighted by Crippen LogP contribution is -2.50. The van der Waals surface area contributed by atoms with Gasteiger partial charge >= 0.3 is 6.18 Å². The minimum Gasteiger partial charge on any atom is -0.288 e. The average Bonchev–Trinajstić information content (AvgIpc) is 3.17. The molecular formula is C16H25F3N2. The molecule has 2 aliphatic carbocycles. The summed E-state index contributed by atoms with van der Waals surface area (Å²) in [5.74, 6) is 0.133. The van der Waals surface area contributed by atoms with Crippen molar-refractivity contribution < 1.29 is 13.2 Å². The van der Waals surface area contributed by atoms with Crippen LogP contribution < -0.4 is 0 Å². The molecule has 0 radical (unpaired) electrons. The first-order chi connectivity index (χ1) is 9.62. The van der Waals surface area contributed by atoms with E-state index in [0.717, 1.165) is 25.7 Å². The van der Waals surface area contributed by atoms with Gasteiger partial charge in [-0.1, -0.05) is 20.8 Å². The molecular weight excluding hydrogens is 277 g/mol. The van der Waals surface area contributed by atoms with E-state index >= 15 is 0 Å². The van der Waals surface area contributed by atoms with Crippen LogP contribution in [0, 0.1) is 28.6 Å². The summed E-state index contributed by atoms with van der Waals surface area (Å²) in [6, 6.07) is 2.07. The van der Waals surface area contributed by atoms with E-state index < -0.39 is 12.7 Å². The normalized spacial score (nSPS) is 31.2. The van der Waals surface area contributed by atoms with Crippen LogP contribution in [-0.2, 0) is 0 Å². The van der Waals surface area contributed by atoms with Crippen molar-refractivity contribution in [3.63, 3.8) is 0 Å². The molecule has 0 amide bonds. The molecule has 3 unspecified atom stereocenters. The predicted octanol–water partition coefficient (Wildman–Crippen LogP) is 4.37. The highest BCUT2D eigenvalue weighted by Crippen LogP contribution is 2.44. The summed E-state index contributed by atoms with van der Waals surface area (Å²) >= 11 is 0. The van der Waals surface area contributed by atoms with Gasteiger partial charge < -0.3 is 0 Å². The highest BCUT2D eigenvalue weighted by Gasteiger charge is 2.46. The highest BCUT2D eigenvalue weighted by molar-refractivity contribution is 5.02. The van der Waals surface area contributed by atoms with Gasteiger partial charge in [0.05, 0.1) is 18.5 Å². The van der Waals surface area contributed by atoms with Crippen LogP contribution in [-0.4, -0.2) is 29.7 Å². The van der Waals surface area contributed by atoms with Crippen LogP contribution in [0.1, 0.15) is 52.9 Å². The standard InChI is InChI=1S/C16H25F3N2/c1-15(2,3)12-5-4-11(9-20)14(8-12)21(13-6-7-13)10-16(17,18)19/h11-14H,4-8,10H2,1-3H3. The number of hydrogen-bond donors (Lipinski definition) is 0. The molecule has 2 aliphatic rings. The molecule has 0 heterocycles. The van der Waals surface area contributed by atoms with E-state index in [1.807, 2.05) is 0 Å². The summed E-state index contributed by atoms with van der Waals surface area (Å²) < 4.78 is 38.7. The first-order valence-electron chi connectivity index (χ1n) is 7.84. The van der Waals surface area contributed by atoms with Gasteiger partial charge in [0, 0.05) is 12.1 Å². The Hall–Kier alpha value is -0.760. The first-order valence-corrected chi connectivity index (χ1v) is 7.84. The summed E-state index contributed by atoms with van der Waals surface area (Å²) in [5, 5.41) is 9.34. The smallest absolute Gasteiger partial charge is 0.288 e. The fourth-order valence-corrected chi connectivity index (χ4v) is 3.58. The third kappa shape index (κ3) is 4.35. The van der Waals surface area contributed by atoms with E-state index in [-0.39, 0.29) is 23.4 Å². The van der Waals surface area contributed by atoms with E-state index in [1.165, 1.54) is 0 Å². The van der Waals surface area contributed by atoms with Gasteiger partial charge in [0.15, 0.2) is 0 Å². The summed E-state index contributed by atoms with van der Waals surface area (Å²) in [6.07, 6.45) is -0.117. The minimum absolute atomic E-state index is 0.0335. The number of halogens is 3. The van der Waals surface area contributed by atoms with Crippen LogP contribution in [0.5, 0.6) is 0 Å². The molecule has 0 aromatic carbocycles. The van der Waals surface area contributed by atoms with Crippen molar-refractivity contribution in [2.24, 2.45) is 17.3 Å². The largest absolute Gasteiger partial charge is 0.401 e. The zero-order chi connectivity index (χ0) is 15.8. The van der Waals surface area contributed by atoms with Crippen LogP contribution in [0.25, 0.3) is 0 Å². The van der Waals surface area contributed by atoms with E-state index in [4.69, 9.17) is 0 Å². The van der Waals surface area contributed by atoms with Gasteiger partial charge in [-0.3, -0.25) is 4.90 Å². The van der Waals surface area contributed by atoms with Gasteiger partial charge in [-0.2, -0.15) is 18.4 Å². The van der Waals surface area contributed by atoms with Crippen LogP contribution >= 0.6 is 0 Å². The SMILES string of the molecule is CC(C)(C)C1CCC(C#N)C(N(CC(F)(F)F)C2CC2)C1. The molecule has 0 saturated heterocycles. The third-order valence-corrected chi connectivity index (χ3v) is 5.01. The zero-order valence-corrected chi connectivity index (χ0v) is 13.1. The average molecular weight is 302 g/mol. The molecule has 120 valence electrons. The monoisotopic (exact) mass is 302 g/mol. The van der Waals surface area contributed by atoms with E-state index in [0.29, 0.717) is 12.3 Å². The Labute approximate surface area is 125 Å². The fourth-order valence-electron chi connectivity index (χ4n) is 3.58. The van der Waals surface area contributed by atoms with Crippen molar-refractivity contribution in [2.75, 3.05) is 6.54 Å². The Bertz CT molecular complexity index is 401. The molecule has 0 spiro atoms. The highest BCUT2D eigenvalue weighted by atomic mass is 19.4. The maximum absolute atomic E-state index is 12.9. The number of rotatable bonds is 3. The van der Waals surface area contributed by atoms with Gasteiger partial charge in [-0.15, -0.1) is 0 Å². The summed E-state index contributed by atoms with van der Waals surface area (Å²) in [7, 11) is 0. The molecule has 2 nitrogen and oxygen atoms in total. The Kier molecular flexibility index (Phi) is 4.58. The maximum atomic E-state index is 12.9. The molecule has 2 saturated carbocycles.